The molecule has 146 valence electrons. The lowest BCUT2D eigenvalue weighted by molar-refractivity contribution is -0.120. The number of ether oxygens (including phenoxy) is 2. The maximum Gasteiger partial charge on any atom is 0.236 e. The highest BCUT2D eigenvalue weighted by molar-refractivity contribution is 5.85. The molecule has 5 N–H and O–H groups in total. The van der Waals surface area contributed by atoms with E-state index in [0.717, 1.165) is 39.9 Å². The number of primary amides is 1. The molecule has 4 rings (SSSR count). The number of hydrazine groups is 1. The zero-order valence-electron chi connectivity index (χ0n) is 15.7. The standard InChI is InChI=1S/C21H24N4O3/c1-13(8-14-6-7-19-20(9-14)28-12-27-19)24-25-18(21(22)26)10-15-11-23-17-5-3-2-4-16(15)17/h2-7,9,11,13,18,23-25H,8,10,12H2,1H3,(H2,22,26)/t13?,18-/m0/s1. The van der Waals surface area contributed by atoms with Crippen LogP contribution in [0, 0.1) is 0 Å². The molecule has 1 amide bonds. The number of benzene rings is 2. The molecule has 0 spiro atoms. The number of amides is 1. The highest BCUT2D eigenvalue weighted by Gasteiger charge is 2.19. The number of hydrogen-bond donors (Lipinski definition) is 4. The molecule has 28 heavy (non-hydrogen) atoms. The first-order valence-corrected chi connectivity index (χ1v) is 9.34. The maximum atomic E-state index is 11.9. The Hall–Kier alpha value is -3.03. The third-order valence-electron chi connectivity index (χ3n) is 4.93. The fourth-order valence-corrected chi connectivity index (χ4v) is 3.46. The van der Waals surface area contributed by atoms with Crippen LogP contribution in [0.25, 0.3) is 10.9 Å². The van der Waals surface area contributed by atoms with Crippen molar-refractivity contribution in [1.82, 2.24) is 15.8 Å². The molecule has 1 aliphatic rings. The molecule has 0 aliphatic carbocycles. The zero-order chi connectivity index (χ0) is 19.5. The van der Waals surface area contributed by atoms with Crippen molar-refractivity contribution >= 4 is 16.8 Å². The summed E-state index contributed by atoms with van der Waals surface area (Å²) in [6.07, 6.45) is 3.20. The minimum atomic E-state index is -0.515. The molecule has 0 radical (unpaired) electrons. The van der Waals surface area contributed by atoms with Crippen LogP contribution in [-0.4, -0.2) is 29.8 Å². The molecule has 2 aromatic carbocycles. The number of nitrogens with two attached hydrogens (primary N) is 1. The zero-order valence-corrected chi connectivity index (χ0v) is 15.7. The van der Waals surface area contributed by atoms with Gasteiger partial charge in [0.1, 0.15) is 6.04 Å². The van der Waals surface area contributed by atoms with Crippen LogP contribution in [0.15, 0.2) is 48.7 Å². The average Bonchev–Trinajstić information content (AvgIpc) is 3.31. The first-order chi connectivity index (χ1) is 13.6. The second-order valence-corrected chi connectivity index (χ2v) is 7.10. The first kappa shape index (κ1) is 18.3. The van der Waals surface area contributed by atoms with Crippen molar-refractivity contribution in [2.24, 2.45) is 5.73 Å². The Balaban J connectivity index is 1.36. The van der Waals surface area contributed by atoms with E-state index in [1.165, 1.54) is 0 Å². The van der Waals surface area contributed by atoms with E-state index in [1.807, 2.05) is 55.6 Å². The molecule has 1 unspecified atom stereocenters. The lowest BCUT2D eigenvalue weighted by atomic mass is 10.0. The SMILES string of the molecule is CC(Cc1ccc2c(c1)OCO2)NN[C@@H](Cc1c[nH]c2ccccc12)C(N)=O. The van der Waals surface area contributed by atoms with E-state index in [-0.39, 0.29) is 12.8 Å². The van der Waals surface area contributed by atoms with Crippen molar-refractivity contribution in [2.45, 2.75) is 31.8 Å². The van der Waals surface area contributed by atoms with Crippen LogP contribution < -0.4 is 26.1 Å². The summed E-state index contributed by atoms with van der Waals surface area (Å²) in [6, 6.07) is 13.5. The summed E-state index contributed by atoms with van der Waals surface area (Å²) < 4.78 is 10.8. The third-order valence-corrected chi connectivity index (χ3v) is 4.93. The van der Waals surface area contributed by atoms with Gasteiger partial charge in [0.05, 0.1) is 0 Å². The van der Waals surface area contributed by atoms with Crippen molar-refractivity contribution in [3.05, 3.63) is 59.8 Å². The Kier molecular flexibility index (Phi) is 5.18. The van der Waals surface area contributed by atoms with Crippen molar-refractivity contribution < 1.29 is 14.3 Å². The van der Waals surface area contributed by atoms with Crippen LogP contribution in [0.2, 0.25) is 0 Å². The number of fused-ring (bicyclic) bond motifs is 2. The second kappa shape index (κ2) is 7.92. The predicted molar refractivity (Wildman–Crippen MR) is 107 cm³/mol. The van der Waals surface area contributed by atoms with E-state index in [2.05, 4.69) is 15.8 Å². The molecular weight excluding hydrogens is 356 g/mol. The number of carbonyl (C=O) groups excluding carboxylic acids is 1. The van der Waals surface area contributed by atoms with Gasteiger partial charge in [-0.3, -0.25) is 10.2 Å². The molecule has 0 fully saturated rings. The van der Waals surface area contributed by atoms with Crippen molar-refractivity contribution in [2.75, 3.05) is 6.79 Å². The van der Waals surface area contributed by atoms with Gasteiger partial charge in [-0.2, -0.15) is 0 Å². The highest BCUT2D eigenvalue weighted by Crippen LogP contribution is 2.32. The summed E-state index contributed by atoms with van der Waals surface area (Å²) >= 11 is 0. The molecule has 2 heterocycles. The summed E-state index contributed by atoms with van der Waals surface area (Å²) in [5, 5.41) is 1.10. The Bertz CT molecular complexity index is 985. The number of para-hydroxylation sites is 1. The maximum absolute atomic E-state index is 11.9. The van der Waals surface area contributed by atoms with Gasteiger partial charge >= 0.3 is 0 Å². The van der Waals surface area contributed by atoms with Crippen LogP contribution in [0.1, 0.15) is 18.1 Å². The molecule has 0 saturated heterocycles. The van der Waals surface area contributed by atoms with Crippen LogP contribution in [-0.2, 0) is 17.6 Å². The number of rotatable bonds is 8. The van der Waals surface area contributed by atoms with Gasteiger partial charge < -0.3 is 20.2 Å². The fourth-order valence-electron chi connectivity index (χ4n) is 3.46. The van der Waals surface area contributed by atoms with Crippen molar-refractivity contribution in [1.29, 1.82) is 0 Å². The van der Waals surface area contributed by atoms with Crippen LogP contribution >= 0.6 is 0 Å². The number of nitrogens with one attached hydrogen (secondary N) is 3. The minimum Gasteiger partial charge on any atom is -0.454 e. The van der Waals surface area contributed by atoms with Gasteiger partial charge in [-0.1, -0.05) is 24.3 Å². The largest absolute Gasteiger partial charge is 0.454 e. The molecule has 7 heteroatoms. The van der Waals surface area contributed by atoms with Gasteiger partial charge in [0.25, 0.3) is 0 Å². The van der Waals surface area contributed by atoms with E-state index in [4.69, 9.17) is 15.2 Å². The van der Waals surface area contributed by atoms with Crippen LogP contribution in [0.5, 0.6) is 11.5 Å². The van der Waals surface area contributed by atoms with Gasteiger partial charge in [-0.25, -0.2) is 5.43 Å². The van der Waals surface area contributed by atoms with E-state index in [1.54, 1.807) is 0 Å². The molecule has 1 aliphatic heterocycles. The molecule has 0 bridgehead atoms. The molecule has 0 saturated carbocycles. The predicted octanol–water partition coefficient (Wildman–Crippen LogP) is 2.02. The minimum absolute atomic E-state index is 0.0881. The lowest BCUT2D eigenvalue weighted by Crippen LogP contribution is -2.52. The summed E-state index contributed by atoms with van der Waals surface area (Å²) in [4.78, 5) is 15.2. The summed E-state index contributed by atoms with van der Waals surface area (Å²) in [5.74, 6) is 1.15. The summed E-state index contributed by atoms with van der Waals surface area (Å²) in [5.41, 5.74) is 15.1. The monoisotopic (exact) mass is 380 g/mol. The Labute approximate surface area is 163 Å². The van der Waals surface area contributed by atoms with Crippen LogP contribution in [0.4, 0.5) is 0 Å². The molecular formula is C21H24N4O3. The number of aromatic amines is 1. The topological polar surface area (TPSA) is 101 Å². The molecule has 2 atom stereocenters. The first-order valence-electron chi connectivity index (χ1n) is 9.34. The number of hydrogen-bond acceptors (Lipinski definition) is 5. The third kappa shape index (κ3) is 3.95. The van der Waals surface area contributed by atoms with E-state index in [9.17, 15) is 4.79 Å². The van der Waals surface area contributed by atoms with Gasteiger partial charge in [-0.15, -0.1) is 0 Å². The molecule has 1 aromatic heterocycles. The average molecular weight is 380 g/mol. The summed E-state index contributed by atoms with van der Waals surface area (Å²) in [7, 11) is 0. The number of carbonyl (C=O) groups is 1. The summed E-state index contributed by atoms with van der Waals surface area (Å²) in [6.45, 7) is 2.31. The smallest absolute Gasteiger partial charge is 0.236 e. The number of aromatic nitrogens is 1. The normalized spacial score (nSPS) is 14.9. The van der Waals surface area contributed by atoms with Crippen molar-refractivity contribution in [3.63, 3.8) is 0 Å². The fraction of sp³-hybridized carbons (Fsp3) is 0.286. The highest BCUT2D eigenvalue weighted by atomic mass is 16.7. The Morgan fingerprint density at radius 2 is 1.96 bits per heavy atom. The van der Waals surface area contributed by atoms with Crippen molar-refractivity contribution in [3.8, 4) is 11.5 Å². The van der Waals surface area contributed by atoms with Gasteiger partial charge in [-0.05, 0) is 42.7 Å². The van der Waals surface area contributed by atoms with Crippen LogP contribution in [0.3, 0.4) is 0 Å². The quantitative estimate of drug-likeness (QED) is 0.448. The van der Waals surface area contributed by atoms with E-state index >= 15 is 0 Å². The molecule has 7 nitrogen and oxygen atoms in total. The Morgan fingerprint density at radius 1 is 1.14 bits per heavy atom. The lowest BCUT2D eigenvalue weighted by Gasteiger charge is -2.20. The van der Waals surface area contributed by atoms with E-state index in [0.29, 0.717) is 6.42 Å². The van der Waals surface area contributed by atoms with Gasteiger partial charge in [0, 0.05) is 29.6 Å². The van der Waals surface area contributed by atoms with Gasteiger partial charge in [0.2, 0.25) is 12.7 Å². The molecule has 3 aromatic rings. The number of H-pyrrole nitrogens is 1. The van der Waals surface area contributed by atoms with Gasteiger partial charge in [0.15, 0.2) is 11.5 Å². The second-order valence-electron chi connectivity index (χ2n) is 7.10. The Morgan fingerprint density at radius 3 is 2.82 bits per heavy atom. The van der Waals surface area contributed by atoms with E-state index < -0.39 is 11.9 Å².